The largest absolute Gasteiger partial charge is 0.486 e. The van der Waals surface area contributed by atoms with Gasteiger partial charge < -0.3 is 9.15 Å². The van der Waals surface area contributed by atoms with Crippen molar-refractivity contribution >= 4 is 46.7 Å². The molecule has 0 saturated heterocycles. The Morgan fingerprint density at radius 2 is 1.85 bits per heavy atom. The minimum atomic E-state index is -0.234. The highest BCUT2D eigenvalue weighted by Gasteiger charge is 2.08. The lowest BCUT2D eigenvalue weighted by atomic mass is 10.1. The second kappa shape index (κ2) is 8.66. The van der Waals surface area contributed by atoms with Gasteiger partial charge in [-0.1, -0.05) is 34.8 Å². The lowest BCUT2D eigenvalue weighted by Gasteiger charge is -2.05. The minimum absolute atomic E-state index is 0.234. The van der Waals surface area contributed by atoms with E-state index < -0.39 is 0 Å². The third kappa shape index (κ3) is 5.16. The number of hydrogen-bond acceptors (Lipinski definition) is 3. The first-order valence-corrected chi connectivity index (χ1v) is 9.21. The van der Waals surface area contributed by atoms with Crippen LogP contribution in [0.5, 0.6) is 5.75 Å². The second-order valence-corrected chi connectivity index (χ2v) is 7.08. The molecule has 138 valence electrons. The SMILES string of the molecule is Cc1cc(OCc2ccc(/C=C/C(=O)c3ccc(Cl)cc3Cl)o2)ccc1Cl. The van der Waals surface area contributed by atoms with E-state index in [0.29, 0.717) is 37.9 Å². The molecule has 0 spiro atoms. The van der Waals surface area contributed by atoms with Crippen molar-refractivity contribution in [1.82, 2.24) is 0 Å². The molecule has 0 aliphatic carbocycles. The van der Waals surface area contributed by atoms with Crippen molar-refractivity contribution in [3.63, 3.8) is 0 Å². The van der Waals surface area contributed by atoms with Crippen LogP contribution in [0.3, 0.4) is 0 Å². The Morgan fingerprint density at radius 1 is 1.04 bits per heavy atom. The van der Waals surface area contributed by atoms with Gasteiger partial charge >= 0.3 is 0 Å². The van der Waals surface area contributed by atoms with Crippen LogP contribution >= 0.6 is 34.8 Å². The number of halogens is 3. The van der Waals surface area contributed by atoms with Crippen molar-refractivity contribution in [1.29, 1.82) is 0 Å². The third-order valence-electron chi connectivity index (χ3n) is 3.79. The number of carbonyl (C=O) groups excluding carboxylic acids is 1. The number of ether oxygens (including phenoxy) is 1. The molecule has 3 aromatic rings. The van der Waals surface area contributed by atoms with E-state index in [1.807, 2.05) is 13.0 Å². The van der Waals surface area contributed by atoms with Crippen molar-refractivity contribution in [2.75, 3.05) is 0 Å². The van der Waals surface area contributed by atoms with Crippen molar-refractivity contribution in [2.45, 2.75) is 13.5 Å². The Morgan fingerprint density at radius 3 is 2.59 bits per heavy atom. The maximum atomic E-state index is 12.2. The molecule has 3 nitrogen and oxygen atoms in total. The van der Waals surface area contributed by atoms with Crippen LogP contribution in [0.1, 0.15) is 27.4 Å². The molecule has 0 unspecified atom stereocenters. The number of furan rings is 1. The summed E-state index contributed by atoms with van der Waals surface area (Å²) in [7, 11) is 0. The summed E-state index contributed by atoms with van der Waals surface area (Å²) in [5, 5.41) is 1.48. The first-order valence-electron chi connectivity index (χ1n) is 8.07. The number of hydrogen-bond donors (Lipinski definition) is 0. The lowest BCUT2D eigenvalue weighted by molar-refractivity contribution is 0.104. The summed E-state index contributed by atoms with van der Waals surface area (Å²) in [5.74, 6) is 1.65. The molecule has 0 fully saturated rings. The highest BCUT2D eigenvalue weighted by Crippen LogP contribution is 2.23. The summed E-state index contributed by atoms with van der Waals surface area (Å²) in [5.41, 5.74) is 1.32. The smallest absolute Gasteiger partial charge is 0.187 e. The molecule has 0 amide bonds. The summed E-state index contributed by atoms with van der Waals surface area (Å²) in [6.45, 7) is 2.18. The molecule has 0 aliphatic heterocycles. The minimum Gasteiger partial charge on any atom is -0.486 e. The molecule has 0 saturated carbocycles. The summed E-state index contributed by atoms with van der Waals surface area (Å²) in [6, 6.07) is 13.7. The molecule has 27 heavy (non-hydrogen) atoms. The number of aryl methyl sites for hydroxylation is 1. The predicted octanol–water partition coefficient (Wildman–Crippen LogP) is 7.02. The number of rotatable bonds is 6. The molecule has 3 rings (SSSR count). The van der Waals surface area contributed by atoms with Gasteiger partial charge in [-0.3, -0.25) is 4.79 Å². The van der Waals surface area contributed by atoms with Gasteiger partial charge in [-0.05, 0) is 73.2 Å². The molecule has 0 bridgehead atoms. The number of allylic oxidation sites excluding steroid dienone is 1. The van der Waals surface area contributed by atoms with Crippen LogP contribution in [0, 0.1) is 6.92 Å². The maximum Gasteiger partial charge on any atom is 0.187 e. The van der Waals surface area contributed by atoms with E-state index in [2.05, 4.69) is 0 Å². The van der Waals surface area contributed by atoms with Gasteiger partial charge in [0.05, 0.1) is 5.02 Å². The van der Waals surface area contributed by atoms with Gasteiger partial charge in [0.2, 0.25) is 0 Å². The summed E-state index contributed by atoms with van der Waals surface area (Å²) in [6.07, 6.45) is 2.99. The van der Waals surface area contributed by atoms with E-state index in [-0.39, 0.29) is 12.4 Å². The first kappa shape index (κ1) is 19.6. The van der Waals surface area contributed by atoms with Gasteiger partial charge in [0.25, 0.3) is 0 Å². The first-order chi connectivity index (χ1) is 12.9. The zero-order chi connectivity index (χ0) is 19.4. The molecular weight excluding hydrogens is 407 g/mol. The summed E-state index contributed by atoms with van der Waals surface area (Å²) in [4.78, 5) is 12.2. The quantitative estimate of drug-likeness (QED) is 0.317. The molecule has 0 radical (unpaired) electrons. The van der Waals surface area contributed by atoms with Gasteiger partial charge in [0, 0.05) is 15.6 Å². The van der Waals surface area contributed by atoms with Crippen molar-refractivity contribution in [2.24, 2.45) is 0 Å². The van der Waals surface area contributed by atoms with Crippen LogP contribution in [0.2, 0.25) is 15.1 Å². The van der Waals surface area contributed by atoms with E-state index in [1.54, 1.807) is 42.5 Å². The maximum absolute atomic E-state index is 12.2. The second-order valence-electron chi connectivity index (χ2n) is 5.83. The molecule has 0 N–H and O–H groups in total. The Balaban J connectivity index is 1.62. The van der Waals surface area contributed by atoms with E-state index >= 15 is 0 Å². The topological polar surface area (TPSA) is 39.4 Å². The molecule has 0 aliphatic rings. The zero-order valence-corrected chi connectivity index (χ0v) is 16.6. The molecule has 6 heteroatoms. The summed E-state index contributed by atoms with van der Waals surface area (Å²) < 4.78 is 11.3. The number of ketones is 1. The highest BCUT2D eigenvalue weighted by molar-refractivity contribution is 6.37. The zero-order valence-electron chi connectivity index (χ0n) is 14.3. The Kier molecular flexibility index (Phi) is 6.27. The van der Waals surface area contributed by atoms with Gasteiger partial charge in [0.15, 0.2) is 5.78 Å². The number of carbonyl (C=O) groups is 1. The fraction of sp³-hybridized carbons (Fsp3) is 0.0952. The Labute approximate surface area is 172 Å². The van der Waals surface area contributed by atoms with E-state index in [1.165, 1.54) is 12.1 Å². The van der Waals surface area contributed by atoms with Crippen LogP contribution in [0.15, 0.2) is 59.0 Å². The normalized spacial score (nSPS) is 11.1. The van der Waals surface area contributed by atoms with Crippen LogP contribution in [0.25, 0.3) is 6.08 Å². The number of benzene rings is 2. The highest BCUT2D eigenvalue weighted by atomic mass is 35.5. The van der Waals surface area contributed by atoms with E-state index in [4.69, 9.17) is 44.0 Å². The van der Waals surface area contributed by atoms with Crippen molar-refractivity contribution < 1.29 is 13.9 Å². The molecule has 1 heterocycles. The van der Waals surface area contributed by atoms with Gasteiger partial charge in [-0.2, -0.15) is 0 Å². The van der Waals surface area contributed by atoms with Crippen molar-refractivity contribution in [3.05, 3.63) is 92.3 Å². The lowest BCUT2D eigenvalue weighted by Crippen LogP contribution is -1.95. The molecule has 0 atom stereocenters. The molecule has 2 aromatic carbocycles. The standard InChI is InChI=1S/C21H15Cl3O3/c1-13-10-16(5-8-19(13)23)26-12-17-4-3-15(27-17)6-9-21(25)18-7-2-14(22)11-20(18)24/h2-11H,12H2,1H3/b9-6+. The van der Waals surface area contributed by atoms with Crippen LogP contribution in [0.4, 0.5) is 0 Å². The van der Waals surface area contributed by atoms with Crippen LogP contribution < -0.4 is 4.74 Å². The summed E-state index contributed by atoms with van der Waals surface area (Å²) >= 11 is 17.9. The van der Waals surface area contributed by atoms with Gasteiger partial charge in [-0.15, -0.1) is 0 Å². The average Bonchev–Trinajstić information content (AvgIpc) is 3.08. The van der Waals surface area contributed by atoms with Crippen LogP contribution in [-0.4, -0.2) is 5.78 Å². The van der Waals surface area contributed by atoms with Crippen LogP contribution in [-0.2, 0) is 6.61 Å². The average molecular weight is 422 g/mol. The Hall–Kier alpha value is -2.20. The Bertz CT molecular complexity index is 1010. The fourth-order valence-corrected chi connectivity index (χ4v) is 2.98. The third-order valence-corrected chi connectivity index (χ3v) is 4.76. The van der Waals surface area contributed by atoms with E-state index in [9.17, 15) is 4.79 Å². The molecule has 1 aromatic heterocycles. The predicted molar refractivity (Wildman–Crippen MR) is 109 cm³/mol. The van der Waals surface area contributed by atoms with E-state index in [0.717, 1.165) is 5.56 Å². The van der Waals surface area contributed by atoms with Gasteiger partial charge in [-0.25, -0.2) is 0 Å². The van der Waals surface area contributed by atoms with Crippen molar-refractivity contribution in [3.8, 4) is 5.75 Å². The monoisotopic (exact) mass is 420 g/mol. The van der Waals surface area contributed by atoms with Gasteiger partial charge in [0.1, 0.15) is 23.9 Å². The molecular formula is C21H15Cl3O3. The fourth-order valence-electron chi connectivity index (χ4n) is 2.36.